The average Bonchev–Trinajstić information content (AvgIpc) is 2.43. The summed E-state index contributed by atoms with van der Waals surface area (Å²) in [6.45, 7) is 10.6. The molecule has 2 atom stereocenters. The van der Waals surface area contributed by atoms with Crippen molar-refractivity contribution >= 4 is 0 Å². The van der Waals surface area contributed by atoms with Gasteiger partial charge in [0.15, 0.2) is 0 Å². The Morgan fingerprint density at radius 2 is 1.70 bits per heavy atom. The fourth-order valence-electron chi connectivity index (χ4n) is 3.09. The first-order valence-electron chi connectivity index (χ1n) is 8.37. The molecular formula is C18H34O2. The Bertz CT molecular complexity index is 286. The van der Waals surface area contributed by atoms with Crippen LogP contribution in [0.3, 0.4) is 0 Å². The van der Waals surface area contributed by atoms with Crippen molar-refractivity contribution in [1.82, 2.24) is 0 Å². The molecule has 0 aliphatic heterocycles. The van der Waals surface area contributed by atoms with E-state index >= 15 is 0 Å². The molecule has 1 rings (SSSR count). The van der Waals surface area contributed by atoms with Gasteiger partial charge in [-0.3, -0.25) is 0 Å². The molecule has 0 amide bonds. The first kappa shape index (κ1) is 17.7. The van der Waals surface area contributed by atoms with Crippen LogP contribution in [0.4, 0.5) is 0 Å². The monoisotopic (exact) mass is 282 g/mol. The smallest absolute Gasteiger partial charge is 0.0568 e. The van der Waals surface area contributed by atoms with Crippen LogP contribution in [0.2, 0.25) is 0 Å². The summed E-state index contributed by atoms with van der Waals surface area (Å²) in [7, 11) is 0. The fraction of sp³-hybridized carbons (Fsp3) is 0.889. The minimum atomic E-state index is -0.163. The minimum absolute atomic E-state index is 0.154. The predicted molar refractivity (Wildman–Crippen MR) is 85.7 cm³/mol. The highest BCUT2D eigenvalue weighted by atomic mass is 16.3. The molecule has 2 nitrogen and oxygen atoms in total. The van der Waals surface area contributed by atoms with E-state index in [4.69, 9.17) is 0 Å². The number of aliphatic hydroxyl groups excluding tert-OH is 2. The first-order valence-corrected chi connectivity index (χ1v) is 8.37. The van der Waals surface area contributed by atoms with Crippen molar-refractivity contribution in [3.8, 4) is 0 Å². The van der Waals surface area contributed by atoms with Gasteiger partial charge in [-0.15, -0.1) is 0 Å². The zero-order chi connectivity index (χ0) is 15.2. The number of aliphatic hydroxyl groups is 2. The molecule has 0 spiro atoms. The van der Waals surface area contributed by atoms with Gasteiger partial charge >= 0.3 is 0 Å². The van der Waals surface area contributed by atoms with E-state index < -0.39 is 0 Å². The predicted octanol–water partition coefficient (Wildman–Crippen LogP) is 4.45. The quantitative estimate of drug-likeness (QED) is 0.646. The van der Waals surface area contributed by atoms with Gasteiger partial charge in [-0.1, -0.05) is 32.9 Å². The van der Waals surface area contributed by atoms with Crippen LogP contribution in [-0.4, -0.2) is 22.4 Å². The maximum Gasteiger partial charge on any atom is 0.0568 e. The molecule has 0 aromatic heterocycles. The van der Waals surface area contributed by atoms with E-state index in [-0.39, 0.29) is 17.6 Å². The molecule has 2 N–H and O–H groups in total. The van der Waals surface area contributed by atoms with Gasteiger partial charge in [0.25, 0.3) is 0 Å². The summed E-state index contributed by atoms with van der Waals surface area (Å²) in [5.74, 6) is 0.470. The molecule has 1 saturated carbocycles. The third-order valence-corrected chi connectivity index (χ3v) is 5.02. The molecule has 20 heavy (non-hydrogen) atoms. The molecule has 0 radical (unpaired) electrons. The van der Waals surface area contributed by atoms with Crippen molar-refractivity contribution < 1.29 is 10.2 Å². The van der Waals surface area contributed by atoms with Crippen LogP contribution >= 0.6 is 0 Å². The summed E-state index contributed by atoms with van der Waals surface area (Å²) in [5.41, 5.74) is 1.57. The topological polar surface area (TPSA) is 40.5 Å². The lowest BCUT2D eigenvalue weighted by molar-refractivity contribution is 0.0662. The largest absolute Gasteiger partial charge is 0.393 e. The molecule has 0 aromatic rings. The normalized spacial score (nSPS) is 20.9. The van der Waals surface area contributed by atoms with Crippen LogP contribution in [0.1, 0.15) is 78.6 Å². The van der Waals surface area contributed by atoms with Crippen molar-refractivity contribution in [3.63, 3.8) is 0 Å². The second kappa shape index (κ2) is 8.19. The Morgan fingerprint density at radius 1 is 1.15 bits per heavy atom. The summed E-state index contributed by atoms with van der Waals surface area (Å²) in [6.07, 6.45) is 8.77. The first-order chi connectivity index (χ1) is 9.34. The van der Waals surface area contributed by atoms with Crippen LogP contribution in [0.5, 0.6) is 0 Å². The molecular weight excluding hydrogens is 248 g/mol. The third kappa shape index (κ3) is 6.41. The number of allylic oxidation sites excluding steroid dienone is 1. The van der Waals surface area contributed by atoms with Gasteiger partial charge in [0.1, 0.15) is 0 Å². The molecule has 1 unspecified atom stereocenters. The van der Waals surface area contributed by atoms with Gasteiger partial charge in [-0.25, -0.2) is 0 Å². The van der Waals surface area contributed by atoms with E-state index in [1.54, 1.807) is 0 Å². The van der Waals surface area contributed by atoms with Crippen molar-refractivity contribution in [1.29, 1.82) is 0 Å². The number of hydrogen-bond acceptors (Lipinski definition) is 2. The molecule has 118 valence electrons. The Hall–Kier alpha value is -0.340. The van der Waals surface area contributed by atoms with Crippen molar-refractivity contribution in [3.05, 3.63) is 12.2 Å². The Morgan fingerprint density at radius 3 is 2.25 bits per heavy atom. The Balaban J connectivity index is 2.28. The van der Waals surface area contributed by atoms with Crippen molar-refractivity contribution in [2.24, 2.45) is 11.3 Å². The van der Waals surface area contributed by atoms with Gasteiger partial charge in [-0.05, 0) is 69.1 Å². The second-order valence-electron chi connectivity index (χ2n) is 7.46. The SMILES string of the molecule is C=C1CCC([C@@H](O)CCC(C)(C)CCC(O)CC)CC1. The zero-order valence-electron chi connectivity index (χ0n) is 13.7. The van der Waals surface area contributed by atoms with Crippen LogP contribution in [0, 0.1) is 11.3 Å². The Kier molecular flexibility index (Phi) is 7.25. The van der Waals surface area contributed by atoms with E-state index in [1.165, 1.54) is 5.57 Å². The van der Waals surface area contributed by atoms with E-state index in [0.29, 0.717) is 5.92 Å². The van der Waals surface area contributed by atoms with Crippen LogP contribution in [0.25, 0.3) is 0 Å². The number of rotatable bonds is 8. The standard InChI is InChI=1S/C18H34O2/c1-5-16(19)10-12-18(3,4)13-11-17(20)15-8-6-14(2)7-9-15/h15-17,19-20H,2,5-13H2,1,3-4H3/t16?,17-/m0/s1. The van der Waals surface area contributed by atoms with E-state index in [1.807, 2.05) is 6.92 Å². The molecule has 1 fully saturated rings. The molecule has 0 saturated heterocycles. The molecule has 0 heterocycles. The molecule has 0 aromatic carbocycles. The van der Waals surface area contributed by atoms with Crippen LogP contribution in [-0.2, 0) is 0 Å². The maximum absolute atomic E-state index is 10.4. The summed E-state index contributed by atoms with van der Waals surface area (Å²) in [4.78, 5) is 0. The molecule has 0 bridgehead atoms. The van der Waals surface area contributed by atoms with Gasteiger partial charge < -0.3 is 10.2 Å². The molecule has 2 heteroatoms. The zero-order valence-corrected chi connectivity index (χ0v) is 13.7. The van der Waals surface area contributed by atoms with Gasteiger partial charge in [0.2, 0.25) is 0 Å². The lowest BCUT2D eigenvalue weighted by Gasteiger charge is -2.31. The second-order valence-corrected chi connectivity index (χ2v) is 7.46. The maximum atomic E-state index is 10.4. The van der Waals surface area contributed by atoms with E-state index in [2.05, 4.69) is 20.4 Å². The average molecular weight is 282 g/mol. The highest BCUT2D eigenvalue weighted by Gasteiger charge is 2.26. The minimum Gasteiger partial charge on any atom is -0.393 e. The lowest BCUT2D eigenvalue weighted by Crippen LogP contribution is -2.26. The van der Waals surface area contributed by atoms with Gasteiger partial charge in [-0.2, -0.15) is 0 Å². The van der Waals surface area contributed by atoms with Gasteiger partial charge in [0, 0.05) is 0 Å². The van der Waals surface area contributed by atoms with Crippen LogP contribution < -0.4 is 0 Å². The highest BCUT2D eigenvalue weighted by Crippen LogP contribution is 2.34. The summed E-state index contributed by atoms with van der Waals surface area (Å²) < 4.78 is 0. The molecule has 1 aliphatic rings. The summed E-state index contributed by atoms with van der Waals surface area (Å²) >= 11 is 0. The van der Waals surface area contributed by atoms with Crippen LogP contribution in [0.15, 0.2) is 12.2 Å². The van der Waals surface area contributed by atoms with Gasteiger partial charge in [0.05, 0.1) is 12.2 Å². The fourth-order valence-corrected chi connectivity index (χ4v) is 3.09. The number of hydrogen-bond donors (Lipinski definition) is 2. The van der Waals surface area contributed by atoms with E-state index in [9.17, 15) is 10.2 Å². The van der Waals surface area contributed by atoms with E-state index in [0.717, 1.165) is 57.8 Å². The Labute approximate surface area is 125 Å². The lowest BCUT2D eigenvalue weighted by atomic mass is 9.77. The third-order valence-electron chi connectivity index (χ3n) is 5.02. The summed E-state index contributed by atoms with van der Waals surface area (Å²) in [6, 6.07) is 0. The molecule has 1 aliphatic carbocycles. The summed E-state index contributed by atoms with van der Waals surface area (Å²) in [5, 5.41) is 20.0. The highest BCUT2D eigenvalue weighted by molar-refractivity contribution is 4.99. The van der Waals surface area contributed by atoms with Crippen molar-refractivity contribution in [2.45, 2.75) is 90.8 Å². The van der Waals surface area contributed by atoms with Crippen molar-refractivity contribution in [2.75, 3.05) is 0 Å².